The van der Waals surface area contributed by atoms with Crippen molar-refractivity contribution in [2.75, 3.05) is 11.5 Å². The monoisotopic (exact) mass is 190 g/mol. The summed E-state index contributed by atoms with van der Waals surface area (Å²) in [7, 11) is 0. The Kier molecular flexibility index (Phi) is 2.97. The molecule has 0 aromatic carbocycles. The lowest BCUT2D eigenvalue weighted by molar-refractivity contribution is -0.153. The highest BCUT2D eigenvalue weighted by Gasteiger charge is 2.35. The van der Waals surface area contributed by atoms with Crippen LogP contribution in [0.3, 0.4) is 0 Å². The number of rotatable bonds is 2. The molecule has 1 rings (SSSR count). The molecule has 1 aliphatic heterocycles. The van der Waals surface area contributed by atoms with Crippen molar-refractivity contribution >= 4 is 23.7 Å². The minimum Gasteiger partial charge on any atom is -0.481 e. The smallest absolute Gasteiger partial charge is 0.308 e. The van der Waals surface area contributed by atoms with Gasteiger partial charge in [0, 0.05) is 5.75 Å². The molecule has 1 fully saturated rings. The van der Waals surface area contributed by atoms with Crippen LogP contribution in [0.25, 0.3) is 0 Å². The Labute approximate surface area is 74.0 Å². The van der Waals surface area contributed by atoms with E-state index in [0.29, 0.717) is 12.2 Å². The summed E-state index contributed by atoms with van der Waals surface area (Å²) in [6.07, 6.45) is 0.469. The molecule has 2 N–H and O–H groups in total. The van der Waals surface area contributed by atoms with Gasteiger partial charge in [-0.2, -0.15) is 11.8 Å². The lowest BCUT2D eigenvalue weighted by Gasteiger charge is -2.24. The predicted octanol–water partition coefficient (Wildman–Crippen LogP) is 0.525. The predicted molar refractivity (Wildman–Crippen MR) is 44.2 cm³/mol. The molecule has 0 bridgehead atoms. The van der Waals surface area contributed by atoms with Crippen molar-refractivity contribution in [3.8, 4) is 0 Å². The van der Waals surface area contributed by atoms with E-state index in [4.69, 9.17) is 10.2 Å². The van der Waals surface area contributed by atoms with Gasteiger partial charge in [-0.15, -0.1) is 0 Å². The fraction of sp³-hybridized carbons (Fsp3) is 0.714. The van der Waals surface area contributed by atoms with Crippen LogP contribution in [0.2, 0.25) is 0 Å². The average Bonchev–Trinajstić information content (AvgIpc) is 2.04. The Morgan fingerprint density at radius 3 is 2.17 bits per heavy atom. The summed E-state index contributed by atoms with van der Waals surface area (Å²) in [5.74, 6) is -2.20. The van der Waals surface area contributed by atoms with Crippen molar-refractivity contribution < 1.29 is 19.8 Å². The van der Waals surface area contributed by atoms with Gasteiger partial charge in [-0.3, -0.25) is 9.59 Å². The largest absolute Gasteiger partial charge is 0.481 e. The molecule has 12 heavy (non-hydrogen) atoms. The maximum Gasteiger partial charge on any atom is 0.308 e. The molecule has 1 saturated heterocycles. The van der Waals surface area contributed by atoms with Crippen LogP contribution in [0.1, 0.15) is 6.42 Å². The Morgan fingerprint density at radius 2 is 1.75 bits per heavy atom. The van der Waals surface area contributed by atoms with E-state index in [0.717, 1.165) is 5.75 Å². The molecule has 4 nitrogen and oxygen atoms in total. The Balaban J connectivity index is 2.67. The molecule has 0 radical (unpaired) electrons. The van der Waals surface area contributed by atoms with Crippen LogP contribution in [0.4, 0.5) is 0 Å². The zero-order valence-corrected chi connectivity index (χ0v) is 7.21. The molecule has 5 heteroatoms. The van der Waals surface area contributed by atoms with Crippen LogP contribution in [0.15, 0.2) is 0 Å². The molecule has 1 aliphatic rings. The number of hydrogen-bond acceptors (Lipinski definition) is 3. The first-order chi connectivity index (χ1) is 5.63. The van der Waals surface area contributed by atoms with Gasteiger partial charge in [0.2, 0.25) is 0 Å². The van der Waals surface area contributed by atoms with Gasteiger partial charge in [0.25, 0.3) is 0 Å². The van der Waals surface area contributed by atoms with Crippen LogP contribution >= 0.6 is 11.8 Å². The highest BCUT2D eigenvalue weighted by molar-refractivity contribution is 7.99. The summed E-state index contributed by atoms with van der Waals surface area (Å²) < 4.78 is 0. The third-order valence-electron chi connectivity index (χ3n) is 1.99. The molecular formula is C7H10O4S. The summed E-state index contributed by atoms with van der Waals surface area (Å²) in [5.41, 5.74) is 0. The quantitative estimate of drug-likeness (QED) is 0.664. The normalized spacial score (nSPS) is 29.7. The van der Waals surface area contributed by atoms with E-state index in [9.17, 15) is 9.59 Å². The third-order valence-corrected chi connectivity index (χ3v) is 3.11. The molecule has 0 aromatic heterocycles. The Hall–Kier alpha value is -0.710. The first-order valence-electron chi connectivity index (χ1n) is 3.66. The average molecular weight is 190 g/mol. The van der Waals surface area contributed by atoms with Crippen molar-refractivity contribution in [2.45, 2.75) is 6.42 Å². The SMILES string of the molecule is O=C(O)[C@H]1CSCC[C@H]1C(=O)O. The van der Waals surface area contributed by atoms with Crippen molar-refractivity contribution in [1.82, 2.24) is 0 Å². The maximum atomic E-state index is 10.6. The highest BCUT2D eigenvalue weighted by atomic mass is 32.2. The number of thioether (sulfide) groups is 1. The van der Waals surface area contributed by atoms with Gasteiger partial charge in [-0.1, -0.05) is 0 Å². The lowest BCUT2D eigenvalue weighted by atomic mass is 9.91. The first-order valence-corrected chi connectivity index (χ1v) is 4.81. The number of carbonyl (C=O) groups is 2. The fourth-order valence-electron chi connectivity index (χ4n) is 1.28. The minimum atomic E-state index is -0.991. The van der Waals surface area contributed by atoms with Gasteiger partial charge in [0.1, 0.15) is 0 Å². The molecule has 0 amide bonds. The number of aliphatic carboxylic acids is 2. The zero-order valence-electron chi connectivity index (χ0n) is 6.40. The van der Waals surface area contributed by atoms with Gasteiger partial charge in [0.05, 0.1) is 11.8 Å². The zero-order chi connectivity index (χ0) is 9.14. The van der Waals surface area contributed by atoms with E-state index < -0.39 is 23.8 Å². The highest BCUT2D eigenvalue weighted by Crippen LogP contribution is 2.28. The van der Waals surface area contributed by atoms with Crippen LogP contribution in [-0.2, 0) is 9.59 Å². The Morgan fingerprint density at radius 1 is 1.17 bits per heavy atom. The molecule has 0 aliphatic carbocycles. The minimum absolute atomic E-state index is 0.423. The molecule has 0 unspecified atom stereocenters. The molecule has 68 valence electrons. The van der Waals surface area contributed by atoms with E-state index in [1.165, 1.54) is 11.8 Å². The third kappa shape index (κ3) is 1.91. The maximum absolute atomic E-state index is 10.6. The molecule has 1 heterocycles. The number of hydrogen-bond donors (Lipinski definition) is 2. The summed E-state index contributed by atoms with van der Waals surface area (Å²) in [6, 6.07) is 0. The summed E-state index contributed by atoms with van der Waals surface area (Å²) in [5, 5.41) is 17.4. The van der Waals surface area contributed by atoms with Crippen LogP contribution in [-0.4, -0.2) is 33.7 Å². The van der Waals surface area contributed by atoms with E-state index >= 15 is 0 Å². The lowest BCUT2D eigenvalue weighted by Crippen LogP contribution is -2.34. The van der Waals surface area contributed by atoms with Crippen molar-refractivity contribution in [3.05, 3.63) is 0 Å². The molecular weight excluding hydrogens is 180 g/mol. The molecule has 0 saturated carbocycles. The van der Waals surface area contributed by atoms with Gasteiger partial charge in [0.15, 0.2) is 0 Å². The number of carboxylic acid groups (broad SMARTS) is 2. The second kappa shape index (κ2) is 3.80. The Bertz CT molecular complexity index is 182. The van der Waals surface area contributed by atoms with Crippen molar-refractivity contribution in [1.29, 1.82) is 0 Å². The second-order valence-electron chi connectivity index (χ2n) is 2.75. The fourth-order valence-corrected chi connectivity index (χ4v) is 2.49. The van der Waals surface area contributed by atoms with Crippen LogP contribution in [0, 0.1) is 11.8 Å². The molecule has 0 spiro atoms. The summed E-state index contributed by atoms with van der Waals surface area (Å²) >= 11 is 1.51. The number of carboxylic acids is 2. The van der Waals surface area contributed by atoms with Crippen LogP contribution in [0.5, 0.6) is 0 Å². The molecule has 2 atom stereocenters. The van der Waals surface area contributed by atoms with Crippen molar-refractivity contribution in [2.24, 2.45) is 11.8 Å². The first kappa shape index (κ1) is 9.38. The standard InChI is InChI=1S/C7H10O4S/c8-6(9)4-1-2-12-3-5(4)7(10)11/h4-5H,1-3H2,(H,8,9)(H,10,11)/t4-,5+/m1/s1. The van der Waals surface area contributed by atoms with Gasteiger partial charge in [-0.05, 0) is 12.2 Å². The van der Waals surface area contributed by atoms with Gasteiger partial charge in [-0.25, -0.2) is 0 Å². The van der Waals surface area contributed by atoms with E-state index in [2.05, 4.69) is 0 Å². The molecule has 0 aromatic rings. The summed E-state index contributed by atoms with van der Waals surface area (Å²) in [4.78, 5) is 21.2. The van der Waals surface area contributed by atoms with E-state index in [-0.39, 0.29) is 0 Å². The van der Waals surface area contributed by atoms with E-state index in [1.807, 2.05) is 0 Å². The van der Waals surface area contributed by atoms with Crippen LogP contribution < -0.4 is 0 Å². The van der Waals surface area contributed by atoms with Gasteiger partial charge >= 0.3 is 11.9 Å². The topological polar surface area (TPSA) is 74.6 Å². The summed E-state index contributed by atoms with van der Waals surface area (Å²) in [6.45, 7) is 0. The second-order valence-corrected chi connectivity index (χ2v) is 3.90. The van der Waals surface area contributed by atoms with Gasteiger partial charge < -0.3 is 10.2 Å². The van der Waals surface area contributed by atoms with Crippen molar-refractivity contribution in [3.63, 3.8) is 0 Å². The van der Waals surface area contributed by atoms with E-state index in [1.54, 1.807) is 0 Å².